The number of aliphatic carboxylic acids is 1. The van der Waals surface area contributed by atoms with E-state index in [2.05, 4.69) is 9.88 Å². The molecule has 1 spiro atoms. The van der Waals surface area contributed by atoms with Crippen LogP contribution in [0.1, 0.15) is 25.7 Å². The lowest BCUT2D eigenvalue weighted by Gasteiger charge is -2.28. The zero-order chi connectivity index (χ0) is 21.6. The molecule has 1 aromatic rings. The first-order valence-corrected chi connectivity index (χ1v) is 10.1. The van der Waals surface area contributed by atoms with Gasteiger partial charge in [0.1, 0.15) is 6.10 Å². The first-order valence-electron chi connectivity index (χ1n) is 10.1. The minimum atomic E-state index is -5.08. The molecule has 0 aliphatic carbocycles. The summed E-state index contributed by atoms with van der Waals surface area (Å²) in [6.07, 6.45) is 1.33. The second-order valence-electron chi connectivity index (χ2n) is 7.95. The van der Waals surface area contributed by atoms with E-state index in [1.165, 1.54) is 19.4 Å². The number of hydrogen-bond acceptors (Lipinski definition) is 6. The van der Waals surface area contributed by atoms with Crippen LogP contribution in [0.15, 0.2) is 24.4 Å². The molecule has 0 aromatic carbocycles. The van der Waals surface area contributed by atoms with Crippen LogP contribution in [0.5, 0.6) is 5.88 Å². The molecule has 0 unspecified atom stereocenters. The van der Waals surface area contributed by atoms with Gasteiger partial charge < -0.3 is 24.2 Å². The van der Waals surface area contributed by atoms with Crippen molar-refractivity contribution >= 4 is 5.97 Å². The van der Waals surface area contributed by atoms with Gasteiger partial charge >= 0.3 is 12.1 Å². The highest BCUT2D eigenvalue weighted by Gasteiger charge is 2.46. The fraction of sp³-hybridized carbons (Fsp3) is 0.700. The van der Waals surface area contributed by atoms with E-state index in [0.717, 1.165) is 45.1 Å². The number of alkyl halides is 3. The van der Waals surface area contributed by atoms with Gasteiger partial charge in [-0.05, 0) is 31.2 Å². The van der Waals surface area contributed by atoms with Crippen LogP contribution in [0.3, 0.4) is 0 Å². The zero-order valence-electron chi connectivity index (χ0n) is 16.6. The maximum atomic E-state index is 10.6. The summed E-state index contributed by atoms with van der Waals surface area (Å²) in [5, 5.41) is 7.12. The van der Waals surface area contributed by atoms with Gasteiger partial charge in [0.25, 0.3) is 0 Å². The van der Waals surface area contributed by atoms with E-state index in [0.29, 0.717) is 12.5 Å². The number of carbonyl (C=O) groups is 1. The molecule has 0 saturated carbocycles. The van der Waals surface area contributed by atoms with Gasteiger partial charge in [-0.1, -0.05) is 6.07 Å². The number of hydrogen-bond donors (Lipinski definition) is 1. The standard InChI is InChI=1S/C18H26N2O3.C2HF3O2/c1-2-7-19-17(3-1)23-16-11-18(22-13-16)6-8-20(14-18)12-15-4-9-21-10-5-15;3-2(4,5)1(6)7/h1-3,7,15-16H,4-6,8-14H2;(H,6,7)/t16-,18+;/m1./s1. The highest BCUT2D eigenvalue weighted by Crippen LogP contribution is 2.37. The number of carboxylic acid groups (broad SMARTS) is 1. The van der Waals surface area contributed by atoms with Crippen molar-refractivity contribution < 1.29 is 37.3 Å². The smallest absolute Gasteiger partial charge is 0.475 e. The fourth-order valence-electron chi connectivity index (χ4n) is 4.13. The largest absolute Gasteiger partial charge is 0.490 e. The average molecular weight is 432 g/mol. The number of aromatic nitrogens is 1. The number of nitrogens with zero attached hydrogens (tertiary/aromatic N) is 2. The van der Waals surface area contributed by atoms with Gasteiger partial charge in [0, 0.05) is 51.5 Å². The van der Waals surface area contributed by atoms with E-state index in [1.54, 1.807) is 6.20 Å². The SMILES string of the molecule is O=C(O)C(F)(F)F.c1ccc(O[C@H]2CO[C@@]3(CCN(CC4CCOCC4)C3)C2)nc1. The van der Waals surface area contributed by atoms with E-state index in [-0.39, 0.29) is 11.7 Å². The lowest BCUT2D eigenvalue weighted by Crippen LogP contribution is -2.36. The fourth-order valence-corrected chi connectivity index (χ4v) is 4.13. The highest BCUT2D eigenvalue weighted by atomic mass is 19.4. The van der Waals surface area contributed by atoms with Crippen LogP contribution in [0.2, 0.25) is 0 Å². The molecule has 3 aliphatic heterocycles. The monoisotopic (exact) mass is 432 g/mol. The molecular weight excluding hydrogens is 405 g/mol. The average Bonchev–Trinajstić information content (AvgIpc) is 3.29. The van der Waals surface area contributed by atoms with Gasteiger partial charge in [0.2, 0.25) is 5.88 Å². The molecule has 168 valence electrons. The molecule has 3 fully saturated rings. The van der Waals surface area contributed by atoms with Gasteiger partial charge in [-0.2, -0.15) is 13.2 Å². The van der Waals surface area contributed by atoms with Crippen LogP contribution in [0.4, 0.5) is 13.2 Å². The van der Waals surface area contributed by atoms with Crippen LogP contribution in [-0.2, 0) is 14.3 Å². The third-order valence-electron chi connectivity index (χ3n) is 5.60. The van der Waals surface area contributed by atoms with Crippen molar-refractivity contribution in [1.82, 2.24) is 9.88 Å². The first-order chi connectivity index (χ1) is 14.3. The van der Waals surface area contributed by atoms with Crippen LogP contribution in [0, 0.1) is 5.92 Å². The zero-order valence-corrected chi connectivity index (χ0v) is 16.6. The Kier molecular flexibility index (Phi) is 7.54. The molecule has 2 atom stereocenters. The first kappa shape index (κ1) is 22.8. The molecule has 30 heavy (non-hydrogen) atoms. The van der Waals surface area contributed by atoms with Crippen molar-refractivity contribution in [3.8, 4) is 5.88 Å². The Balaban J connectivity index is 0.000000318. The lowest BCUT2D eigenvalue weighted by molar-refractivity contribution is -0.192. The summed E-state index contributed by atoms with van der Waals surface area (Å²) in [7, 11) is 0. The van der Waals surface area contributed by atoms with E-state index in [4.69, 9.17) is 24.1 Å². The maximum absolute atomic E-state index is 10.6. The highest BCUT2D eigenvalue weighted by molar-refractivity contribution is 5.73. The number of likely N-dealkylation sites (tertiary alicyclic amines) is 1. The van der Waals surface area contributed by atoms with Crippen LogP contribution in [-0.4, -0.2) is 78.3 Å². The topological polar surface area (TPSA) is 81.1 Å². The molecule has 3 saturated heterocycles. The third-order valence-corrected chi connectivity index (χ3v) is 5.60. The molecule has 4 rings (SSSR count). The quantitative estimate of drug-likeness (QED) is 0.784. The Morgan fingerprint density at radius 3 is 2.70 bits per heavy atom. The second kappa shape index (κ2) is 9.93. The molecule has 0 radical (unpaired) electrons. The van der Waals surface area contributed by atoms with Gasteiger partial charge in [0.05, 0.1) is 12.2 Å². The number of ether oxygens (including phenoxy) is 3. The van der Waals surface area contributed by atoms with E-state index >= 15 is 0 Å². The minimum Gasteiger partial charge on any atom is -0.475 e. The summed E-state index contributed by atoms with van der Waals surface area (Å²) in [5.41, 5.74) is 0.00458. The van der Waals surface area contributed by atoms with Gasteiger partial charge in [-0.3, -0.25) is 0 Å². The molecule has 4 heterocycles. The molecular formula is C20H27F3N2O5. The van der Waals surface area contributed by atoms with Gasteiger partial charge in [0.15, 0.2) is 0 Å². The van der Waals surface area contributed by atoms with Crippen LogP contribution >= 0.6 is 0 Å². The predicted octanol–water partition coefficient (Wildman–Crippen LogP) is 2.75. The molecule has 0 amide bonds. The number of halogens is 3. The van der Waals surface area contributed by atoms with Crippen LogP contribution < -0.4 is 4.74 Å². The van der Waals surface area contributed by atoms with E-state index in [1.807, 2.05) is 18.2 Å². The van der Waals surface area contributed by atoms with Crippen molar-refractivity contribution in [2.24, 2.45) is 5.92 Å². The molecule has 0 bridgehead atoms. The number of pyridine rings is 1. The Labute approximate surface area is 173 Å². The molecule has 10 heteroatoms. The predicted molar refractivity (Wildman–Crippen MR) is 100 cm³/mol. The van der Waals surface area contributed by atoms with Gasteiger partial charge in [-0.15, -0.1) is 0 Å². The maximum Gasteiger partial charge on any atom is 0.490 e. The summed E-state index contributed by atoms with van der Waals surface area (Å²) in [5.74, 6) is -1.26. The number of rotatable bonds is 4. The van der Waals surface area contributed by atoms with E-state index in [9.17, 15) is 13.2 Å². The minimum absolute atomic E-state index is 0.00458. The third kappa shape index (κ3) is 6.55. The van der Waals surface area contributed by atoms with Crippen molar-refractivity contribution in [3.05, 3.63) is 24.4 Å². The van der Waals surface area contributed by atoms with Crippen molar-refractivity contribution in [3.63, 3.8) is 0 Å². The summed E-state index contributed by atoms with van der Waals surface area (Å²) < 4.78 is 49.4. The van der Waals surface area contributed by atoms with Gasteiger partial charge in [-0.25, -0.2) is 9.78 Å². The van der Waals surface area contributed by atoms with E-state index < -0.39 is 12.1 Å². The van der Waals surface area contributed by atoms with Crippen LogP contribution in [0.25, 0.3) is 0 Å². The molecule has 3 aliphatic rings. The lowest BCUT2D eigenvalue weighted by atomic mass is 9.98. The molecule has 1 N–H and O–H groups in total. The number of carboxylic acids is 1. The summed E-state index contributed by atoms with van der Waals surface area (Å²) in [6.45, 7) is 5.93. The summed E-state index contributed by atoms with van der Waals surface area (Å²) in [6, 6.07) is 5.78. The van der Waals surface area contributed by atoms with Crippen molar-refractivity contribution in [2.45, 2.75) is 43.6 Å². The van der Waals surface area contributed by atoms with Crippen molar-refractivity contribution in [1.29, 1.82) is 0 Å². The molecule has 7 nitrogen and oxygen atoms in total. The Morgan fingerprint density at radius 1 is 1.33 bits per heavy atom. The Morgan fingerprint density at radius 2 is 2.07 bits per heavy atom. The van der Waals surface area contributed by atoms with Crippen molar-refractivity contribution in [2.75, 3.05) is 39.5 Å². The Bertz CT molecular complexity index is 685. The second-order valence-corrected chi connectivity index (χ2v) is 7.95. The summed E-state index contributed by atoms with van der Waals surface area (Å²) >= 11 is 0. The summed E-state index contributed by atoms with van der Waals surface area (Å²) in [4.78, 5) is 15.7. The Hall–Kier alpha value is -1.91. The molecule has 1 aromatic heterocycles. The normalized spacial score (nSPS) is 27.6.